The van der Waals surface area contributed by atoms with E-state index in [-0.39, 0.29) is 11.8 Å². The summed E-state index contributed by atoms with van der Waals surface area (Å²) in [6, 6.07) is 9.41. The van der Waals surface area contributed by atoms with Crippen LogP contribution in [0.5, 0.6) is 0 Å². The Labute approximate surface area is 135 Å². The number of aromatic nitrogens is 2. The zero-order valence-electron chi connectivity index (χ0n) is 13.5. The highest BCUT2D eigenvalue weighted by atomic mass is 16.4. The molecule has 124 valence electrons. The van der Waals surface area contributed by atoms with Crippen LogP contribution in [0.4, 0.5) is 0 Å². The molecule has 23 heavy (non-hydrogen) atoms. The van der Waals surface area contributed by atoms with E-state index in [9.17, 15) is 9.90 Å². The van der Waals surface area contributed by atoms with E-state index >= 15 is 0 Å². The molecule has 0 aliphatic rings. The second kappa shape index (κ2) is 8.43. The normalized spacial score (nSPS) is 12.3. The fourth-order valence-corrected chi connectivity index (χ4v) is 2.10. The zero-order chi connectivity index (χ0) is 16.7. The summed E-state index contributed by atoms with van der Waals surface area (Å²) in [7, 11) is 0. The smallest absolute Gasteiger partial charge is 0.220 e. The number of rotatable bonds is 8. The van der Waals surface area contributed by atoms with E-state index in [4.69, 9.17) is 4.42 Å². The average Bonchev–Trinajstić information content (AvgIpc) is 3.03. The van der Waals surface area contributed by atoms with E-state index in [1.807, 2.05) is 44.2 Å². The molecule has 0 spiro atoms. The molecule has 2 N–H and O–H groups in total. The topological polar surface area (TPSA) is 88.2 Å². The molecular formula is C17H23N3O3. The summed E-state index contributed by atoms with van der Waals surface area (Å²) < 4.78 is 5.45. The van der Waals surface area contributed by atoms with Crippen molar-refractivity contribution >= 4 is 5.91 Å². The van der Waals surface area contributed by atoms with Crippen molar-refractivity contribution < 1.29 is 14.3 Å². The fourth-order valence-electron chi connectivity index (χ4n) is 2.10. The van der Waals surface area contributed by atoms with Gasteiger partial charge < -0.3 is 14.8 Å². The van der Waals surface area contributed by atoms with E-state index < -0.39 is 6.10 Å². The minimum Gasteiger partial charge on any atom is -0.425 e. The van der Waals surface area contributed by atoms with Crippen molar-refractivity contribution in [3.05, 3.63) is 47.7 Å². The monoisotopic (exact) mass is 317 g/mol. The molecule has 1 unspecified atom stereocenters. The Morgan fingerprint density at radius 1 is 1.26 bits per heavy atom. The van der Waals surface area contributed by atoms with Crippen molar-refractivity contribution in [3.8, 4) is 0 Å². The lowest BCUT2D eigenvalue weighted by atomic mass is 10.1. The number of hydrogen-bond donors (Lipinski definition) is 2. The predicted molar refractivity (Wildman–Crippen MR) is 85.7 cm³/mol. The molecule has 0 saturated carbocycles. The average molecular weight is 317 g/mol. The van der Waals surface area contributed by atoms with Crippen LogP contribution in [0.3, 0.4) is 0 Å². The first-order chi connectivity index (χ1) is 11.1. The minimum atomic E-state index is -0.568. The van der Waals surface area contributed by atoms with Crippen molar-refractivity contribution in [2.24, 2.45) is 0 Å². The number of aryl methyl sites for hydroxylation is 1. The van der Waals surface area contributed by atoms with Crippen molar-refractivity contribution in [3.63, 3.8) is 0 Å². The molecule has 6 nitrogen and oxygen atoms in total. The van der Waals surface area contributed by atoms with Crippen molar-refractivity contribution in [1.29, 1.82) is 0 Å². The zero-order valence-corrected chi connectivity index (χ0v) is 13.5. The first kappa shape index (κ1) is 17.1. The molecule has 0 saturated heterocycles. The molecule has 1 aromatic carbocycles. The number of aliphatic hydroxyl groups is 1. The van der Waals surface area contributed by atoms with Gasteiger partial charge in [0.25, 0.3) is 0 Å². The standard InChI is InChI=1S/C17H23N3O3/c1-12(2)17-20-19-16(23-17)9-8-15(22)18-11-10-14(21)13-6-4-3-5-7-13/h3-7,12,14,21H,8-11H2,1-2H3,(H,18,22). The van der Waals surface area contributed by atoms with Crippen molar-refractivity contribution in [1.82, 2.24) is 15.5 Å². The second-order valence-electron chi connectivity index (χ2n) is 5.75. The Balaban J connectivity index is 1.67. The lowest BCUT2D eigenvalue weighted by Crippen LogP contribution is -2.25. The predicted octanol–water partition coefficient (Wildman–Crippen LogP) is 2.37. The minimum absolute atomic E-state index is 0.0884. The van der Waals surface area contributed by atoms with Gasteiger partial charge in [0.05, 0.1) is 6.10 Å². The molecular weight excluding hydrogens is 294 g/mol. The van der Waals surface area contributed by atoms with Crippen LogP contribution >= 0.6 is 0 Å². The summed E-state index contributed by atoms with van der Waals surface area (Å²) in [4.78, 5) is 11.8. The van der Waals surface area contributed by atoms with Gasteiger partial charge >= 0.3 is 0 Å². The molecule has 0 radical (unpaired) electrons. The van der Waals surface area contributed by atoms with E-state index in [1.165, 1.54) is 0 Å². The van der Waals surface area contributed by atoms with Gasteiger partial charge in [0.2, 0.25) is 17.7 Å². The second-order valence-corrected chi connectivity index (χ2v) is 5.75. The maximum atomic E-state index is 11.8. The molecule has 0 aliphatic heterocycles. The maximum absolute atomic E-state index is 11.8. The number of nitrogens with zero attached hydrogens (tertiary/aromatic N) is 2. The number of carbonyl (C=O) groups is 1. The van der Waals surface area contributed by atoms with Gasteiger partial charge in [-0.25, -0.2) is 0 Å². The van der Waals surface area contributed by atoms with Gasteiger partial charge in [-0.2, -0.15) is 0 Å². The number of benzene rings is 1. The Kier molecular flexibility index (Phi) is 6.29. The summed E-state index contributed by atoms with van der Waals surface area (Å²) in [6.07, 6.45) is 0.628. The van der Waals surface area contributed by atoms with Crippen LogP contribution in [0, 0.1) is 0 Å². The highest BCUT2D eigenvalue weighted by Crippen LogP contribution is 2.15. The lowest BCUT2D eigenvalue weighted by Gasteiger charge is -2.11. The van der Waals surface area contributed by atoms with E-state index in [1.54, 1.807) is 0 Å². The number of carbonyl (C=O) groups excluding carboxylic acids is 1. The molecule has 6 heteroatoms. The third-order valence-electron chi connectivity index (χ3n) is 3.47. The highest BCUT2D eigenvalue weighted by Gasteiger charge is 2.12. The Hall–Kier alpha value is -2.21. The van der Waals surface area contributed by atoms with Gasteiger partial charge in [0.1, 0.15) is 0 Å². The number of amides is 1. The molecule has 0 aliphatic carbocycles. The molecule has 0 bridgehead atoms. The van der Waals surface area contributed by atoms with Gasteiger partial charge in [0, 0.05) is 25.3 Å². The summed E-state index contributed by atoms with van der Waals surface area (Å²) in [6.45, 7) is 4.38. The largest absolute Gasteiger partial charge is 0.425 e. The van der Waals surface area contributed by atoms with Gasteiger partial charge in [-0.15, -0.1) is 10.2 Å². The number of nitrogens with one attached hydrogen (secondary N) is 1. The molecule has 1 amide bonds. The maximum Gasteiger partial charge on any atom is 0.220 e. The van der Waals surface area contributed by atoms with Crippen LogP contribution in [-0.4, -0.2) is 27.8 Å². The fraction of sp³-hybridized carbons (Fsp3) is 0.471. The van der Waals surface area contributed by atoms with Crippen LogP contribution in [0.1, 0.15) is 56.1 Å². The number of aliphatic hydroxyl groups excluding tert-OH is 1. The van der Waals surface area contributed by atoms with Gasteiger partial charge in [-0.05, 0) is 12.0 Å². The number of hydrogen-bond acceptors (Lipinski definition) is 5. The van der Waals surface area contributed by atoms with Gasteiger partial charge in [-0.1, -0.05) is 44.2 Å². The van der Waals surface area contributed by atoms with Crippen molar-refractivity contribution in [2.45, 2.75) is 45.1 Å². The first-order valence-electron chi connectivity index (χ1n) is 7.88. The van der Waals surface area contributed by atoms with Crippen LogP contribution in [-0.2, 0) is 11.2 Å². The molecule has 1 heterocycles. The summed E-state index contributed by atoms with van der Waals surface area (Å²) in [5.74, 6) is 1.17. The quantitative estimate of drug-likeness (QED) is 0.780. The van der Waals surface area contributed by atoms with Crippen LogP contribution in [0.25, 0.3) is 0 Å². The highest BCUT2D eigenvalue weighted by molar-refractivity contribution is 5.75. The molecule has 0 fully saturated rings. The third kappa shape index (κ3) is 5.49. The molecule has 1 atom stereocenters. The third-order valence-corrected chi connectivity index (χ3v) is 3.47. The summed E-state index contributed by atoms with van der Waals surface area (Å²) >= 11 is 0. The van der Waals surface area contributed by atoms with Crippen LogP contribution in [0.2, 0.25) is 0 Å². The van der Waals surface area contributed by atoms with Crippen LogP contribution in [0.15, 0.2) is 34.7 Å². The van der Waals surface area contributed by atoms with E-state index in [0.717, 1.165) is 5.56 Å². The molecule has 2 aromatic rings. The Morgan fingerprint density at radius 3 is 2.65 bits per heavy atom. The Bertz CT molecular complexity index is 611. The van der Waals surface area contributed by atoms with E-state index in [0.29, 0.717) is 37.6 Å². The van der Waals surface area contributed by atoms with Crippen LogP contribution < -0.4 is 5.32 Å². The Morgan fingerprint density at radius 2 is 2.00 bits per heavy atom. The summed E-state index contributed by atoms with van der Waals surface area (Å²) in [5, 5.41) is 20.7. The molecule has 2 rings (SSSR count). The summed E-state index contributed by atoms with van der Waals surface area (Å²) in [5.41, 5.74) is 0.855. The molecule has 1 aromatic heterocycles. The van der Waals surface area contributed by atoms with Gasteiger partial charge in [0.15, 0.2) is 0 Å². The lowest BCUT2D eigenvalue weighted by molar-refractivity contribution is -0.121. The van der Waals surface area contributed by atoms with Gasteiger partial charge in [-0.3, -0.25) is 4.79 Å². The van der Waals surface area contributed by atoms with E-state index in [2.05, 4.69) is 15.5 Å². The SMILES string of the molecule is CC(C)c1nnc(CCC(=O)NCCC(O)c2ccccc2)o1. The first-order valence-corrected chi connectivity index (χ1v) is 7.88. The van der Waals surface area contributed by atoms with Crippen molar-refractivity contribution in [2.75, 3.05) is 6.54 Å².